The number of carboxylic acid groups (broad SMARTS) is 1. The SMILES string of the molecule is COc1cc(C(N)CCC(=O)O)cc(O)c1O. The molecule has 0 spiro atoms. The molecule has 0 fully saturated rings. The topological polar surface area (TPSA) is 113 Å². The van der Waals surface area contributed by atoms with Gasteiger partial charge in [0.1, 0.15) is 0 Å². The van der Waals surface area contributed by atoms with Crippen molar-refractivity contribution in [2.45, 2.75) is 18.9 Å². The standard InChI is InChI=1S/C11H15NO5/c1-17-9-5-6(4-8(13)11(9)16)7(12)2-3-10(14)15/h4-5,7,13,16H,2-3,12H2,1H3,(H,14,15). The van der Waals surface area contributed by atoms with E-state index in [1.165, 1.54) is 19.2 Å². The van der Waals surface area contributed by atoms with Crippen molar-refractivity contribution in [2.75, 3.05) is 7.11 Å². The Labute approximate surface area is 98.3 Å². The highest BCUT2D eigenvalue weighted by atomic mass is 16.5. The summed E-state index contributed by atoms with van der Waals surface area (Å²) < 4.78 is 4.86. The van der Waals surface area contributed by atoms with Crippen LogP contribution >= 0.6 is 0 Å². The zero-order valence-electron chi connectivity index (χ0n) is 9.38. The van der Waals surface area contributed by atoms with Gasteiger partial charge in [-0.2, -0.15) is 0 Å². The van der Waals surface area contributed by atoms with Crippen LogP contribution in [-0.2, 0) is 4.79 Å². The summed E-state index contributed by atoms with van der Waals surface area (Å²) in [6.45, 7) is 0. The minimum Gasteiger partial charge on any atom is -0.504 e. The molecular formula is C11H15NO5. The Morgan fingerprint density at radius 1 is 1.47 bits per heavy atom. The number of hydrogen-bond donors (Lipinski definition) is 4. The first-order valence-electron chi connectivity index (χ1n) is 5.03. The first kappa shape index (κ1) is 13.1. The molecule has 1 unspecified atom stereocenters. The predicted molar refractivity (Wildman–Crippen MR) is 60.1 cm³/mol. The molecule has 1 aromatic rings. The third-order valence-corrected chi connectivity index (χ3v) is 2.39. The van der Waals surface area contributed by atoms with Gasteiger partial charge < -0.3 is 25.8 Å². The number of aromatic hydroxyl groups is 2. The Kier molecular flexibility index (Phi) is 4.17. The lowest BCUT2D eigenvalue weighted by molar-refractivity contribution is -0.137. The fourth-order valence-electron chi connectivity index (χ4n) is 1.43. The number of hydrogen-bond acceptors (Lipinski definition) is 5. The van der Waals surface area contributed by atoms with Gasteiger partial charge >= 0.3 is 5.97 Å². The van der Waals surface area contributed by atoms with Gasteiger partial charge in [-0.05, 0) is 24.1 Å². The lowest BCUT2D eigenvalue weighted by Crippen LogP contribution is -2.12. The highest BCUT2D eigenvalue weighted by Gasteiger charge is 2.15. The minimum absolute atomic E-state index is 0.0644. The number of phenols is 2. The normalized spacial score (nSPS) is 12.1. The molecule has 0 amide bonds. The van der Waals surface area contributed by atoms with Gasteiger partial charge in [0.25, 0.3) is 0 Å². The molecule has 94 valence electrons. The van der Waals surface area contributed by atoms with Crippen LogP contribution in [0.3, 0.4) is 0 Å². The number of phenolic OH excluding ortho intramolecular Hbond substituents is 2. The van der Waals surface area contributed by atoms with Crippen molar-refractivity contribution < 1.29 is 24.9 Å². The number of ether oxygens (including phenoxy) is 1. The average Bonchev–Trinajstić information content (AvgIpc) is 2.29. The van der Waals surface area contributed by atoms with Gasteiger partial charge in [-0.15, -0.1) is 0 Å². The quantitative estimate of drug-likeness (QED) is 0.571. The van der Waals surface area contributed by atoms with E-state index >= 15 is 0 Å². The van der Waals surface area contributed by atoms with Crippen LogP contribution in [0.1, 0.15) is 24.4 Å². The lowest BCUT2D eigenvalue weighted by atomic mass is 10.0. The first-order chi connectivity index (χ1) is 7.95. The second-order valence-electron chi connectivity index (χ2n) is 3.63. The summed E-state index contributed by atoms with van der Waals surface area (Å²) in [5.74, 6) is -1.53. The van der Waals surface area contributed by atoms with Crippen molar-refractivity contribution in [1.29, 1.82) is 0 Å². The van der Waals surface area contributed by atoms with E-state index in [1.807, 2.05) is 0 Å². The second kappa shape index (κ2) is 5.40. The van der Waals surface area contributed by atoms with Crippen LogP contribution in [0.2, 0.25) is 0 Å². The number of carbonyl (C=O) groups is 1. The largest absolute Gasteiger partial charge is 0.504 e. The molecule has 1 aromatic carbocycles. The highest BCUT2D eigenvalue weighted by molar-refractivity contribution is 5.66. The van der Waals surface area contributed by atoms with Gasteiger partial charge in [-0.25, -0.2) is 0 Å². The Morgan fingerprint density at radius 3 is 2.65 bits per heavy atom. The van der Waals surface area contributed by atoms with E-state index in [4.69, 9.17) is 15.6 Å². The minimum atomic E-state index is -0.935. The van der Waals surface area contributed by atoms with Crippen LogP contribution in [-0.4, -0.2) is 28.4 Å². The average molecular weight is 241 g/mol. The number of methoxy groups -OCH3 is 1. The van der Waals surface area contributed by atoms with Gasteiger partial charge in [-0.1, -0.05) is 0 Å². The van der Waals surface area contributed by atoms with Crippen molar-refractivity contribution in [3.8, 4) is 17.2 Å². The van der Waals surface area contributed by atoms with Gasteiger partial charge in [0.2, 0.25) is 5.75 Å². The van der Waals surface area contributed by atoms with E-state index in [0.29, 0.717) is 5.56 Å². The highest BCUT2D eigenvalue weighted by Crippen LogP contribution is 2.38. The number of nitrogens with two attached hydrogens (primary N) is 1. The summed E-state index contributed by atoms with van der Waals surface area (Å²) in [6, 6.07) is 2.23. The van der Waals surface area contributed by atoms with Crippen molar-refractivity contribution in [3.05, 3.63) is 17.7 Å². The van der Waals surface area contributed by atoms with Crippen LogP contribution in [0.5, 0.6) is 17.2 Å². The number of carboxylic acids is 1. The third kappa shape index (κ3) is 3.25. The molecule has 0 aliphatic carbocycles. The fraction of sp³-hybridized carbons (Fsp3) is 0.364. The molecule has 0 saturated heterocycles. The molecule has 0 radical (unpaired) electrons. The Hall–Kier alpha value is -1.95. The van der Waals surface area contributed by atoms with Gasteiger partial charge in [0, 0.05) is 12.5 Å². The number of benzene rings is 1. The molecule has 0 heterocycles. The first-order valence-corrected chi connectivity index (χ1v) is 5.03. The summed E-state index contributed by atoms with van der Waals surface area (Å²) >= 11 is 0. The van der Waals surface area contributed by atoms with E-state index in [1.54, 1.807) is 0 Å². The van der Waals surface area contributed by atoms with Crippen LogP contribution in [0.25, 0.3) is 0 Å². The summed E-state index contributed by atoms with van der Waals surface area (Å²) in [5, 5.41) is 27.4. The Balaban J connectivity index is 2.90. The van der Waals surface area contributed by atoms with Gasteiger partial charge in [0.05, 0.1) is 7.11 Å². The smallest absolute Gasteiger partial charge is 0.303 e. The van der Waals surface area contributed by atoms with Crippen LogP contribution in [0.15, 0.2) is 12.1 Å². The molecule has 0 bridgehead atoms. The predicted octanol–water partition coefficient (Wildman–Crippen LogP) is 0.971. The van der Waals surface area contributed by atoms with E-state index < -0.39 is 12.0 Å². The summed E-state index contributed by atoms with van der Waals surface area (Å²) in [4.78, 5) is 10.4. The van der Waals surface area contributed by atoms with Crippen LogP contribution < -0.4 is 10.5 Å². The molecule has 1 rings (SSSR count). The number of aliphatic carboxylic acids is 1. The van der Waals surface area contributed by atoms with Crippen LogP contribution in [0.4, 0.5) is 0 Å². The monoisotopic (exact) mass is 241 g/mol. The second-order valence-corrected chi connectivity index (χ2v) is 3.63. The van der Waals surface area contributed by atoms with Gasteiger partial charge in [-0.3, -0.25) is 4.79 Å². The molecule has 0 aromatic heterocycles. The molecule has 5 N–H and O–H groups in total. The lowest BCUT2D eigenvalue weighted by Gasteiger charge is -2.13. The molecule has 0 aliphatic heterocycles. The maximum Gasteiger partial charge on any atom is 0.303 e. The Bertz CT molecular complexity index is 419. The molecule has 17 heavy (non-hydrogen) atoms. The fourth-order valence-corrected chi connectivity index (χ4v) is 1.43. The summed E-state index contributed by atoms with van der Waals surface area (Å²) in [6.07, 6.45) is 0.174. The molecule has 1 atom stereocenters. The van der Waals surface area contributed by atoms with E-state index in [9.17, 15) is 15.0 Å². The van der Waals surface area contributed by atoms with Crippen molar-refractivity contribution in [3.63, 3.8) is 0 Å². The molecule has 0 aliphatic rings. The zero-order valence-corrected chi connectivity index (χ0v) is 9.38. The van der Waals surface area contributed by atoms with Crippen molar-refractivity contribution >= 4 is 5.97 Å². The number of rotatable bonds is 5. The van der Waals surface area contributed by atoms with E-state index in [2.05, 4.69) is 0 Å². The summed E-state index contributed by atoms with van der Waals surface area (Å²) in [7, 11) is 1.35. The molecule has 0 saturated carbocycles. The van der Waals surface area contributed by atoms with Gasteiger partial charge in [0.15, 0.2) is 11.5 Å². The van der Waals surface area contributed by atoms with E-state index in [0.717, 1.165) is 0 Å². The Morgan fingerprint density at radius 2 is 2.12 bits per heavy atom. The molecular weight excluding hydrogens is 226 g/mol. The third-order valence-electron chi connectivity index (χ3n) is 2.39. The molecule has 6 nitrogen and oxygen atoms in total. The van der Waals surface area contributed by atoms with Crippen LogP contribution in [0, 0.1) is 0 Å². The zero-order chi connectivity index (χ0) is 13.0. The summed E-state index contributed by atoms with van der Waals surface area (Å²) in [5.41, 5.74) is 6.29. The van der Waals surface area contributed by atoms with Crippen molar-refractivity contribution in [2.24, 2.45) is 5.73 Å². The van der Waals surface area contributed by atoms with E-state index in [-0.39, 0.29) is 30.1 Å². The maximum absolute atomic E-state index is 10.4. The molecule has 6 heteroatoms. The maximum atomic E-state index is 10.4. The van der Waals surface area contributed by atoms with Crippen molar-refractivity contribution in [1.82, 2.24) is 0 Å².